The Hall–Kier alpha value is -0.580. The van der Waals surface area contributed by atoms with Gasteiger partial charge < -0.3 is 10.5 Å². The van der Waals surface area contributed by atoms with E-state index in [-0.39, 0.29) is 0 Å². The van der Waals surface area contributed by atoms with E-state index >= 15 is 0 Å². The van der Waals surface area contributed by atoms with Gasteiger partial charge in [-0.1, -0.05) is 6.07 Å². The first-order valence-electron chi connectivity index (χ1n) is 6.57. The molecule has 1 aromatic rings. The molecule has 0 amide bonds. The highest BCUT2D eigenvalue weighted by molar-refractivity contribution is 9.10. The van der Waals surface area contributed by atoms with Gasteiger partial charge >= 0.3 is 0 Å². The smallest absolute Gasteiger partial charge is 0.0702 e. The fraction of sp³-hybridized carbons (Fsp3) is 0.571. The molecule has 0 aliphatic carbocycles. The van der Waals surface area contributed by atoms with Gasteiger partial charge in [0.15, 0.2) is 0 Å². The number of ether oxygens (including phenoxy) is 1. The molecule has 1 heterocycles. The van der Waals surface area contributed by atoms with Crippen LogP contribution in [0.1, 0.15) is 25.3 Å². The molecule has 1 saturated heterocycles. The molecule has 1 atom stereocenters. The van der Waals surface area contributed by atoms with Crippen LogP contribution in [0, 0.1) is 0 Å². The van der Waals surface area contributed by atoms with Crippen LogP contribution in [0.3, 0.4) is 0 Å². The van der Waals surface area contributed by atoms with Crippen molar-refractivity contribution in [3.05, 3.63) is 28.2 Å². The molecular weight excluding hydrogens is 292 g/mol. The second kappa shape index (κ2) is 6.55. The van der Waals surface area contributed by atoms with Crippen LogP contribution in [0.2, 0.25) is 0 Å². The van der Waals surface area contributed by atoms with Crippen molar-refractivity contribution in [2.75, 3.05) is 25.4 Å². The molecule has 3 nitrogen and oxygen atoms in total. The summed E-state index contributed by atoms with van der Waals surface area (Å²) in [6.45, 7) is 6.02. The minimum Gasteiger partial charge on any atom is -0.398 e. The van der Waals surface area contributed by atoms with Crippen LogP contribution in [0.15, 0.2) is 22.7 Å². The minimum atomic E-state index is 0.400. The van der Waals surface area contributed by atoms with Crippen molar-refractivity contribution in [3.8, 4) is 0 Å². The van der Waals surface area contributed by atoms with Crippen molar-refractivity contribution >= 4 is 21.6 Å². The minimum absolute atomic E-state index is 0.400. The fourth-order valence-corrected chi connectivity index (χ4v) is 2.72. The summed E-state index contributed by atoms with van der Waals surface area (Å²) in [6, 6.07) is 6.20. The van der Waals surface area contributed by atoms with E-state index in [1.165, 1.54) is 18.4 Å². The highest BCUT2D eigenvalue weighted by atomic mass is 79.9. The monoisotopic (exact) mass is 312 g/mol. The molecule has 4 heteroatoms. The van der Waals surface area contributed by atoms with Gasteiger partial charge in [0, 0.05) is 29.9 Å². The average Bonchev–Trinajstić information content (AvgIpc) is 2.35. The van der Waals surface area contributed by atoms with E-state index in [4.69, 9.17) is 10.5 Å². The van der Waals surface area contributed by atoms with Gasteiger partial charge in [0.25, 0.3) is 0 Å². The zero-order valence-corrected chi connectivity index (χ0v) is 12.4. The van der Waals surface area contributed by atoms with Crippen LogP contribution in [0.5, 0.6) is 0 Å². The maximum atomic E-state index is 5.91. The van der Waals surface area contributed by atoms with Crippen molar-refractivity contribution in [3.63, 3.8) is 0 Å². The molecule has 0 saturated carbocycles. The normalized spacial score (nSPS) is 21.1. The molecule has 0 bridgehead atoms. The molecule has 2 N–H and O–H groups in total. The predicted octanol–water partition coefficient (Wildman–Crippen LogP) is 3.03. The lowest BCUT2D eigenvalue weighted by Crippen LogP contribution is -2.39. The Morgan fingerprint density at radius 2 is 2.33 bits per heavy atom. The van der Waals surface area contributed by atoms with Crippen LogP contribution < -0.4 is 5.73 Å². The molecule has 0 spiro atoms. The first-order valence-corrected chi connectivity index (χ1v) is 7.36. The second-order valence-electron chi connectivity index (χ2n) is 4.81. The van der Waals surface area contributed by atoms with Gasteiger partial charge in [-0.15, -0.1) is 0 Å². The number of hydrogen-bond donors (Lipinski definition) is 1. The predicted molar refractivity (Wildman–Crippen MR) is 78.5 cm³/mol. The largest absolute Gasteiger partial charge is 0.398 e. The third kappa shape index (κ3) is 3.70. The van der Waals surface area contributed by atoms with Gasteiger partial charge in [0.1, 0.15) is 0 Å². The Labute approximate surface area is 117 Å². The second-order valence-corrected chi connectivity index (χ2v) is 5.66. The summed E-state index contributed by atoms with van der Waals surface area (Å²) in [6.07, 6.45) is 2.81. The molecule has 2 rings (SSSR count). The van der Waals surface area contributed by atoms with Crippen molar-refractivity contribution in [1.82, 2.24) is 4.90 Å². The van der Waals surface area contributed by atoms with Gasteiger partial charge in [-0.05, 0) is 59.9 Å². The number of hydrogen-bond acceptors (Lipinski definition) is 3. The summed E-state index contributed by atoms with van der Waals surface area (Å²) < 4.78 is 6.69. The summed E-state index contributed by atoms with van der Waals surface area (Å²) in [7, 11) is 0. The average molecular weight is 313 g/mol. The van der Waals surface area contributed by atoms with E-state index in [0.717, 1.165) is 36.4 Å². The summed E-state index contributed by atoms with van der Waals surface area (Å²) in [4.78, 5) is 2.45. The Kier molecular flexibility index (Phi) is 5.03. The van der Waals surface area contributed by atoms with Gasteiger partial charge in [-0.3, -0.25) is 4.90 Å². The van der Waals surface area contributed by atoms with Crippen LogP contribution in [0.4, 0.5) is 5.69 Å². The summed E-state index contributed by atoms with van der Waals surface area (Å²) in [5, 5.41) is 0. The van der Waals surface area contributed by atoms with E-state index in [9.17, 15) is 0 Å². The summed E-state index contributed by atoms with van der Waals surface area (Å²) >= 11 is 3.43. The Morgan fingerprint density at radius 3 is 3.06 bits per heavy atom. The number of anilines is 1. The number of nitrogens with zero attached hydrogens (tertiary/aromatic N) is 1. The van der Waals surface area contributed by atoms with Crippen molar-refractivity contribution < 1.29 is 4.74 Å². The Balaban J connectivity index is 1.93. The number of rotatable bonds is 4. The van der Waals surface area contributed by atoms with E-state index in [0.29, 0.717) is 6.10 Å². The molecule has 1 aliphatic rings. The molecule has 1 unspecified atom stereocenters. The number of halogens is 1. The zero-order chi connectivity index (χ0) is 13.0. The standard InChI is InChI=1S/C14H21BrN2O/c1-2-18-12-4-3-7-17(10-12)9-11-5-6-13(15)14(16)8-11/h5-6,8,12H,2-4,7,9-10,16H2,1H3. The van der Waals surface area contributed by atoms with Gasteiger partial charge in [-0.2, -0.15) is 0 Å². The van der Waals surface area contributed by atoms with Gasteiger partial charge in [0.2, 0.25) is 0 Å². The van der Waals surface area contributed by atoms with Crippen molar-refractivity contribution in [2.24, 2.45) is 0 Å². The SMILES string of the molecule is CCOC1CCCN(Cc2ccc(Br)c(N)c2)C1. The van der Waals surface area contributed by atoms with E-state index in [1.807, 2.05) is 12.1 Å². The van der Waals surface area contributed by atoms with Crippen LogP contribution in [-0.4, -0.2) is 30.7 Å². The topological polar surface area (TPSA) is 38.5 Å². The highest BCUT2D eigenvalue weighted by Gasteiger charge is 2.19. The number of benzene rings is 1. The molecule has 100 valence electrons. The van der Waals surface area contributed by atoms with E-state index < -0.39 is 0 Å². The van der Waals surface area contributed by atoms with Crippen molar-refractivity contribution in [2.45, 2.75) is 32.4 Å². The first-order chi connectivity index (χ1) is 8.69. The van der Waals surface area contributed by atoms with E-state index in [2.05, 4.69) is 33.8 Å². The number of nitrogen functional groups attached to an aromatic ring is 1. The molecule has 0 radical (unpaired) electrons. The maximum Gasteiger partial charge on any atom is 0.0702 e. The quantitative estimate of drug-likeness (QED) is 0.869. The molecule has 1 aliphatic heterocycles. The van der Waals surface area contributed by atoms with Crippen molar-refractivity contribution in [1.29, 1.82) is 0 Å². The van der Waals surface area contributed by atoms with Crippen LogP contribution >= 0.6 is 15.9 Å². The summed E-state index contributed by atoms with van der Waals surface area (Å²) in [5.74, 6) is 0. The Morgan fingerprint density at radius 1 is 1.50 bits per heavy atom. The zero-order valence-electron chi connectivity index (χ0n) is 10.9. The third-order valence-corrected chi connectivity index (χ3v) is 4.05. The lowest BCUT2D eigenvalue weighted by molar-refractivity contribution is 0.00364. The van der Waals surface area contributed by atoms with Gasteiger partial charge in [-0.25, -0.2) is 0 Å². The Bertz CT molecular complexity index is 395. The highest BCUT2D eigenvalue weighted by Crippen LogP contribution is 2.22. The molecular formula is C14H21BrN2O. The summed E-state index contributed by atoms with van der Waals surface area (Å²) in [5.41, 5.74) is 7.99. The third-order valence-electron chi connectivity index (χ3n) is 3.33. The van der Waals surface area contributed by atoms with Crippen LogP contribution in [0.25, 0.3) is 0 Å². The number of nitrogens with two attached hydrogens (primary N) is 1. The fourth-order valence-electron chi connectivity index (χ4n) is 2.48. The van der Waals surface area contributed by atoms with Gasteiger partial charge in [0.05, 0.1) is 6.10 Å². The number of piperidine rings is 1. The molecule has 1 aromatic carbocycles. The number of likely N-dealkylation sites (tertiary alicyclic amines) is 1. The lowest BCUT2D eigenvalue weighted by atomic mass is 10.1. The first kappa shape index (κ1) is 13.8. The molecule has 18 heavy (non-hydrogen) atoms. The van der Waals surface area contributed by atoms with E-state index in [1.54, 1.807) is 0 Å². The molecule has 0 aromatic heterocycles. The lowest BCUT2D eigenvalue weighted by Gasteiger charge is -2.32. The maximum absolute atomic E-state index is 5.91. The molecule has 1 fully saturated rings. The van der Waals surface area contributed by atoms with Crippen LogP contribution in [-0.2, 0) is 11.3 Å².